The highest BCUT2D eigenvalue weighted by molar-refractivity contribution is 7.91. The lowest BCUT2D eigenvalue weighted by Crippen LogP contribution is -2.22. The van der Waals surface area contributed by atoms with Crippen molar-refractivity contribution < 1.29 is 32.0 Å². The molecule has 170 valence electrons. The molecule has 2 aromatic carbocycles. The van der Waals surface area contributed by atoms with Gasteiger partial charge in [-0.1, -0.05) is 12.1 Å². The molecule has 1 heterocycles. The fourth-order valence-corrected chi connectivity index (χ4v) is 4.30. The van der Waals surface area contributed by atoms with Gasteiger partial charge in [0.05, 0.1) is 33.5 Å². The molecule has 0 spiro atoms. The SMILES string of the molecule is CCN(c1ccccc1C(=O)O)c1cc(C(F)(F)F)cc2c(=O)c(C)c([S+]([O-])CC)oc12. The monoisotopic (exact) mass is 467 g/mol. The first kappa shape index (κ1) is 23.7. The van der Waals surface area contributed by atoms with Crippen LogP contribution in [-0.4, -0.2) is 27.9 Å². The average Bonchev–Trinajstić information content (AvgIpc) is 2.75. The number of para-hydroxylation sites is 1. The van der Waals surface area contributed by atoms with E-state index < -0.39 is 34.3 Å². The zero-order chi connectivity index (χ0) is 23.8. The second-order valence-corrected chi connectivity index (χ2v) is 8.55. The minimum atomic E-state index is -4.76. The van der Waals surface area contributed by atoms with Crippen molar-refractivity contribution in [3.63, 3.8) is 0 Å². The van der Waals surface area contributed by atoms with E-state index in [1.54, 1.807) is 19.9 Å². The van der Waals surface area contributed by atoms with Gasteiger partial charge in [-0.2, -0.15) is 13.2 Å². The number of halogens is 3. The maximum Gasteiger partial charge on any atom is 0.416 e. The fourth-order valence-electron chi connectivity index (χ4n) is 3.43. The molecule has 0 saturated carbocycles. The van der Waals surface area contributed by atoms with Crippen LogP contribution in [0.2, 0.25) is 0 Å². The Morgan fingerprint density at radius 1 is 1.19 bits per heavy atom. The van der Waals surface area contributed by atoms with Gasteiger partial charge in [-0.15, -0.1) is 0 Å². The van der Waals surface area contributed by atoms with Gasteiger partial charge in [0.2, 0.25) is 5.43 Å². The van der Waals surface area contributed by atoms with Crippen molar-refractivity contribution in [3.8, 4) is 0 Å². The lowest BCUT2D eigenvalue weighted by Gasteiger charge is -2.26. The lowest BCUT2D eigenvalue weighted by molar-refractivity contribution is -0.137. The molecule has 1 aromatic heterocycles. The summed E-state index contributed by atoms with van der Waals surface area (Å²) in [6.07, 6.45) is -4.76. The Morgan fingerprint density at radius 3 is 2.41 bits per heavy atom. The van der Waals surface area contributed by atoms with Gasteiger partial charge in [0.1, 0.15) is 5.75 Å². The third-order valence-electron chi connectivity index (χ3n) is 4.98. The van der Waals surface area contributed by atoms with Gasteiger partial charge in [0.25, 0.3) is 0 Å². The van der Waals surface area contributed by atoms with E-state index in [-0.39, 0.29) is 50.9 Å². The van der Waals surface area contributed by atoms with Crippen LogP contribution in [0.4, 0.5) is 24.5 Å². The van der Waals surface area contributed by atoms with Gasteiger partial charge in [-0.05, 0) is 45.0 Å². The minimum absolute atomic E-state index is 0.0306. The summed E-state index contributed by atoms with van der Waals surface area (Å²) in [6.45, 7) is 4.67. The second-order valence-electron chi connectivity index (χ2n) is 6.91. The molecule has 0 amide bonds. The van der Waals surface area contributed by atoms with Gasteiger partial charge in [-0.3, -0.25) is 4.79 Å². The summed E-state index contributed by atoms with van der Waals surface area (Å²) in [4.78, 5) is 26.0. The molecule has 0 radical (unpaired) electrons. The summed E-state index contributed by atoms with van der Waals surface area (Å²) in [7, 11) is 0. The first-order valence-electron chi connectivity index (χ1n) is 9.68. The Hall–Kier alpha value is -2.98. The molecule has 6 nitrogen and oxygen atoms in total. The molecule has 0 aliphatic rings. The highest BCUT2D eigenvalue weighted by Gasteiger charge is 2.34. The fraction of sp³-hybridized carbons (Fsp3) is 0.273. The summed E-state index contributed by atoms with van der Waals surface area (Å²) in [5.74, 6) is -1.12. The largest absolute Gasteiger partial charge is 0.609 e. The van der Waals surface area contributed by atoms with Gasteiger partial charge in [0, 0.05) is 17.7 Å². The molecule has 0 aliphatic heterocycles. The molecule has 3 rings (SSSR count). The zero-order valence-electron chi connectivity index (χ0n) is 17.4. The molecular weight excluding hydrogens is 447 g/mol. The van der Waals surface area contributed by atoms with Crippen molar-refractivity contribution in [1.29, 1.82) is 0 Å². The van der Waals surface area contributed by atoms with Crippen LogP contribution in [0.1, 0.15) is 35.3 Å². The molecule has 0 fully saturated rings. The Morgan fingerprint density at radius 2 is 1.84 bits per heavy atom. The number of carboxylic acids is 1. The third-order valence-corrected chi connectivity index (χ3v) is 6.31. The van der Waals surface area contributed by atoms with Gasteiger partial charge < -0.3 is 19.0 Å². The Kier molecular flexibility index (Phi) is 6.56. The number of benzene rings is 2. The number of rotatable bonds is 6. The molecule has 0 bridgehead atoms. The molecule has 1 unspecified atom stereocenters. The quantitative estimate of drug-likeness (QED) is 0.507. The minimum Gasteiger partial charge on any atom is -0.609 e. The van der Waals surface area contributed by atoms with E-state index >= 15 is 0 Å². The summed E-state index contributed by atoms with van der Waals surface area (Å²) in [6, 6.07) is 7.34. The molecule has 3 aromatic rings. The van der Waals surface area contributed by atoms with Crippen LogP contribution in [0.25, 0.3) is 11.0 Å². The number of fused-ring (bicyclic) bond motifs is 1. The van der Waals surface area contributed by atoms with Crippen LogP contribution in [0.15, 0.2) is 50.7 Å². The van der Waals surface area contributed by atoms with Crippen molar-refractivity contribution >= 4 is 39.5 Å². The van der Waals surface area contributed by atoms with Gasteiger partial charge >= 0.3 is 17.2 Å². The Bertz CT molecular complexity index is 1240. The highest BCUT2D eigenvalue weighted by atomic mass is 32.2. The van der Waals surface area contributed by atoms with Crippen LogP contribution < -0.4 is 10.3 Å². The van der Waals surface area contributed by atoms with E-state index in [4.69, 9.17) is 4.42 Å². The van der Waals surface area contributed by atoms with Crippen molar-refractivity contribution in [2.24, 2.45) is 0 Å². The maximum atomic E-state index is 13.7. The Labute approximate surface area is 184 Å². The molecule has 32 heavy (non-hydrogen) atoms. The van der Waals surface area contributed by atoms with Gasteiger partial charge in [0.15, 0.2) is 5.58 Å². The smallest absolute Gasteiger partial charge is 0.416 e. The lowest BCUT2D eigenvalue weighted by atomic mass is 10.1. The van der Waals surface area contributed by atoms with Crippen LogP contribution in [0.5, 0.6) is 0 Å². The van der Waals surface area contributed by atoms with Crippen LogP contribution in [0, 0.1) is 6.92 Å². The topological polar surface area (TPSA) is 93.8 Å². The highest BCUT2D eigenvalue weighted by Crippen LogP contribution is 2.40. The number of hydrogen-bond donors (Lipinski definition) is 1. The summed E-state index contributed by atoms with van der Waals surface area (Å²) < 4.78 is 59.2. The van der Waals surface area contributed by atoms with Crippen molar-refractivity contribution in [3.05, 3.63) is 63.3 Å². The zero-order valence-corrected chi connectivity index (χ0v) is 18.3. The molecule has 10 heteroatoms. The van der Waals surface area contributed by atoms with Crippen molar-refractivity contribution in [2.45, 2.75) is 32.0 Å². The summed E-state index contributed by atoms with van der Waals surface area (Å²) in [5, 5.41) is 9.12. The number of carboxylic acid groups (broad SMARTS) is 1. The summed E-state index contributed by atoms with van der Waals surface area (Å²) in [5.41, 5.74) is -2.17. The van der Waals surface area contributed by atoms with Crippen LogP contribution in [-0.2, 0) is 17.4 Å². The number of aromatic carboxylic acids is 1. The average molecular weight is 467 g/mol. The van der Waals surface area contributed by atoms with E-state index in [9.17, 15) is 32.4 Å². The van der Waals surface area contributed by atoms with Crippen molar-refractivity contribution in [2.75, 3.05) is 17.2 Å². The Balaban J connectivity index is 2.46. The maximum absolute atomic E-state index is 13.7. The predicted molar refractivity (Wildman–Crippen MR) is 115 cm³/mol. The molecular formula is C22H20F3NO5S. The van der Waals surface area contributed by atoms with Crippen molar-refractivity contribution in [1.82, 2.24) is 0 Å². The number of anilines is 2. The van der Waals surface area contributed by atoms with Crippen LogP contribution in [0.3, 0.4) is 0 Å². The third kappa shape index (κ3) is 4.20. The molecule has 0 saturated heterocycles. The number of hydrogen-bond acceptors (Lipinski definition) is 5. The van der Waals surface area contributed by atoms with E-state index in [0.29, 0.717) is 6.07 Å². The molecule has 0 aliphatic carbocycles. The normalized spacial score (nSPS) is 12.7. The molecule has 1 N–H and O–H groups in total. The van der Waals surface area contributed by atoms with Crippen LogP contribution >= 0.6 is 0 Å². The van der Waals surface area contributed by atoms with Gasteiger partial charge in [-0.25, -0.2) is 4.79 Å². The predicted octanol–water partition coefficient (Wildman–Crippen LogP) is 5.10. The van der Waals surface area contributed by atoms with E-state index in [1.807, 2.05) is 0 Å². The number of carbonyl (C=O) groups is 1. The first-order valence-corrected chi connectivity index (χ1v) is 11.0. The van der Waals surface area contributed by atoms with E-state index in [0.717, 1.165) is 6.07 Å². The first-order chi connectivity index (χ1) is 15.0. The number of nitrogens with zero attached hydrogens (tertiary/aromatic N) is 1. The van der Waals surface area contributed by atoms with E-state index in [1.165, 1.54) is 30.0 Å². The summed E-state index contributed by atoms with van der Waals surface area (Å²) >= 11 is -1.67. The number of alkyl halides is 3. The van der Waals surface area contributed by atoms with E-state index in [2.05, 4.69) is 0 Å². The standard InChI is InChI=1S/C22H20F3NO5S/c1-4-26(16-9-7-6-8-14(16)20(28)29)17-11-13(22(23,24)25)10-15-18(27)12(3)21(31-19(15)17)32(30)5-2/h6-11H,4-5H2,1-3H3,(H,28,29). The second kappa shape index (κ2) is 8.87. The molecule has 1 atom stereocenters.